The first-order chi connectivity index (χ1) is 7.57. The lowest BCUT2D eigenvalue weighted by molar-refractivity contribution is 0.599. The highest BCUT2D eigenvalue weighted by molar-refractivity contribution is 7.92. The predicted molar refractivity (Wildman–Crippen MR) is 67.2 cm³/mol. The fourth-order valence-corrected chi connectivity index (χ4v) is 2.38. The molecule has 0 amide bonds. The van der Waals surface area contributed by atoms with Crippen LogP contribution in [0.25, 0.3) is 0 Å². The van der Waals surface area contributed by atoms with E-state index >= 15 is 0 Å². The van der Waals surface area contributed by atoms with E-state index < -0.39 is 10.0 Å². The first kappa shape index (κ1) is 13.0. The maximum absolute atomic E-state index is 11.6. The number of sulfonamides is 1. The smallest absolute Gasteiger partial charge is 0.233 e. The Kier molecular flexibility index (Phi) is 4.76. The van der Waals surface area contributed by atoms with Crippen LogP contribution in [-0.4, -0.2) is 27.8 Å². The molecular weight excluding hydrogens is 224 g/mol. The van der Waals surface area contributed by atoms with Gasteiger partial charge in [-0.25, -0.2) is 8.42 Å². The Morgan fingerprint density at radius 1 is 1.31 bits per heavy atom. The summed E-state index contributed by atoms with van der Waals surface area (Å²) >= 11 is 0. The van der Waals surface area contributed by atoms with E-state index in [2.05, 4.69) is 10.0 Å². The average molecular weight is 242 g/mol. The number of nitrogens with one attached hydrogen (secondary N) is 2. The molecule has 1 aromatic rings. The molecule has 90 valence electrons. The minimum atomic E-state index is -3.23. The summed E-state index contributed by atoms with van der Waals surface area (Å²) in [6.45, 7) is 2.48. The molecule has 5 heteroatoms. The van der Waals surface area contributed by atoms with E-state index in [1.165, 1.54) is 0 Å². The first-order valence-electron chi connectivity index (χ1n) is 5.31. The van der Waals surface area contributed by atoms with Crippen molar-refractivity contribution in [3.8, 4) is 0 Å². The van der Waals surface area contributed by atoms with Crippen molar-refractivity contribution in [1.82, 2.24) is 5.32 Å². The second-order valence-electron chi connectivity index (χ2n) is 3.58. The van der Waals surface area contributed by atoms with Gasteiger partial charge in [-0.05, 0) is 31.2 Å². The van der Waals surface area contributed by atoms with Crippen LogP contribution < -0.4 is 10.0 Å². The van der Waals surface area contributed by atoms with Gasteiger partial charge in [-0.15, -0.1) is 0 Å². The van der Waals surface area contributed by atoms with Crippen molar-refractivity contribution >= 4 is 15.7 Å². The Labute approximate surface area is 97.1 Å². The molecule has 0 unspecified atom stereocenters. The Hall–Kier alpha value is -1.07. The normalized spacial score (nSPS) is 11.4. The Bertz CT molecular complexity index is 429. The van der Waals surface area contributed by atoms with Crippen LogP contribution in [0.1, 0.15) is 12.5 Å². The van der Waals surface area contributed by atoms with Crippen molar-refractivity contribution in [2.75, 3.05) is 24.1 Å². The third-order valence-corrected chi connectivity index (χ3v) is 3.52. The second-order valence-corrected chi connectivity index (χ2v) is 5.42. The lowest BCUT2D eigenvalue weighted by Gasteiger charge is -2.08. The van der Waals surface area contributed by atoms with Gasteiger partial charge in [-0.3, -0.25) is 4.72 Å². The third kappa shape index (κ3) is 4.20. The van der Waals surface area contributed by atoms with Crippen molar-refractivity contribution in [2.45, 2.75) is 13.3 Å². The van der Waals surface area contributed by atoms with Gasteiger partial charge in [0.25, 0.3) is 0 Å². The van der Waals surface area contributed by atoms with Crippen LogP contribution in [0.4, 0.5) is 5.69 Å². The highest BCUT2D eigenvalue weighted by Gasteiger charge is 2.09. The number of hydrogen-bond donors (Lipinski definition) is 2. The SMILES string of the molecule is CCc1cccc(NS(=O)(=O)CCNC)c1. The van der Waals surface area contributed by atoms with E-state index in [1.54, 1.807) is 13.1 Å². The summed E-state index contributed by atoms with van der Waals surface area (Å²) in [5, 5.41) is 2.81. The largest absolute Gasteiger partial charge is 0.319 e. The van der Waals surface area contributed by atoms with E-state index in [-0.39, 0.29) is 5.75 Å². The van der Waals surface area contributed by atoms with Crippen molar-refractivity contribution in [1.29, 1.82) is 0 Å². The zero-order chi connectivity index (χ0) is 12.0. The molecule has 0 bridgehead atoms. The molecule has 0 saturated carbocycles. The molecule has 0 aliphatic rings. The molecular formula is C11H18N2O2S. The highest BCUT2D eigenvalue weighted by Crippen LogP contribution is 2.12. The summed E-state index contributed by atoms with van der Waals surface area (Å²) in [6.07, 6.45) is 0.895. The van der Waals surface area contributed by atoms with Gasteiger partial charge in [-0.1, -0.05) is 19.1 Å². The number of aryl methyl sites for hydroxylation is 1. The summed E-state index contributed by atoms with van der Waals surface area (Å²) in [7, 11) is -1.50. The second kappa shape index (κ2) is 5.86. The van der Waals surface area contributed by atoms with Crippen LogP contribution in [0.5, 0.6) is 0 Å². The van der Waals surface area contributed by atoms with Crippen LogP contribution in [0, 0.1) is 0 Å². The molecule has 16 heavy (non-hydrogen) atoms. The maximum atomic E-state index is 11.6. The summed E-state index contributed by atoms with van der Waals surface area (Å²) in [5.74, 6) is 0.0832. The zero-order valence-electron chi connectivity index (χ0n) is 9.66. The van der Waals surface area contributed by atoms with E-state index in [0.29, 0.717) is 12.2 Å². The molecule has 0 heterocycles. The van der Waals surface area contributed by atoms with E-state index in [9.17, 15) is 8.42 Å². The van der Waals surface area contributed by atoms with Gasteiger partial charge in [0, 0.05) is 12.2 Å². The number of benzene rings is 1. The zero-order valence-corrected chi connectivity index (χ0v) is 10.5. The maximum Gasteiger partial charge on any atom is 0.233 e. The molecule has 0 radical (unpaired) electrons. The molecule has 0 aromatic heterocycles. The Morgan fingerprint density at radius 2 is 2.06 bits per heavy atom. The Balaban J connectivity index is 2.72. The van der Waals surface area contributed by atoms with E-state index in [1.807, 2.05) is 25.1 Å². The molecule has 0 saturated heterocycles. The van der Waals surface area contributed by atoms with Crippen LogP contribution >= 0.6 is 0 Å². The molecule has 0 aliphatic carbocycles. The van der Waals surface area contributed by atoms with Crippen molar-refractivity contribution < 1.29 is 8.42 Å². The topological polar surface area (TPSA) is 58.2 Å². The molecule has 0 aliphatic heterocycles. The minimum absolute atomic E-state index is 0.0832. The van der Waals surface area contributed by atoms with Gasteiger partial charge in [0.15, 0.2) is 0 Å². The van der Waals surface area contributed by atoms with Crippen LogP contribution in [-0.2, 0) is 16.4 Å². The molecule has 2 N–H and O–H groups in total. The van der Waals surface area contributed by atoms with Crippen LogP contribution in [0.15, 0.2) is 24.3 Å². The molecule has 0 fully saturated rings. The van der Waals surface area contributed by atoms with Crippen molar-refractivity contribution in [3.63, 3.8) is 0 Å². The van der Waals surface area contributed by atoms with Crippen LogP contribution in [0.3, 0.4) is 0 Å². The summed E-state index contributed by atoms with van der Waals surface area (Å²) in [4.78, 5) is 0. The van der Waals surface area contributed by atoms with Crippen molar-refractivity contribution in [3.05, 3.63) is 29.8 Å². The fraction of sp³-hybridized carbons (Fsp3) is 0.455. The molecule has 1 rings (SSSR count). The van der Waals surface area contributed by atoms with Gasteiger partial charge < -0.3 is 5.32 Å². The first-order valence-corrected chi connectivity index (χ1v) is 6.96. The number of hydrogen-bond acceptors (Lipinski definition) is 3. The fourth-order valence-electron chi connectivity index (χ4n) is 1.32. The molecule has 0 atom stereocenters. The summed E-state index contributed by atoms with van der Waals surface area (Å²) in [6, 6.07) is 7.45. The summed E-state index contributed by atoms with van der Waals surface area (Å²) in [5.41, 5.74) is 1.75. The van der Waals surface area contributed by atoms with Gasteiger partial charge >= 0.3 is 0 Å². The third-order valence-electron chi connectivity index (χ3n) is 2.23. The molecule has 4 nitrogen and oxygen atoms in total. The number of rotatable bonds is 6. The molecule has 1 aromatic carbocycles. The van der Waals surface area contributed by atoms with Crippen molar-refractivity contribution in [2.24, 2.45) is 0 Å². The number of anilines is 1. The standard InChI is InChI=1S/C11H18N2O2S/c1-3-10-5-4-6-11(9-10)13-16(14,15)8-7-12-2/h4-6,9,12-13H,3,7-8H2,1-2H3. The predicted octanol–water partition coefficient (Wildman–Crippen LogP) is 1.21. The summed E-state index contributed by atoms with van der Waals surface area (Å²) < 4.78 is 25.8. The van der Waals surface area contributed by atoms with E-state index in [0.717, 1.165) is 12.0 Å². The Morgan fingerprint density at radius 3 is 2.69 bits per heavy atom. The average Bonchev–Trinajstić information content (AvgIpc) is 2.26. The van der Waals surface area contributed by atoms with Gasteiger partial charge in [0.1, 0.15) is 0 Å². The van der Waals surface area contributed by atoms with Gasteiger partial charge in [-0.2, -0.15) is 0 Å². The minimum Gasteiger partial charge on any atom is -0.319 e. The lowest BCUT2D eigenvalue weighted by Crippen LogP contribution is -2.24. The monoisotopic (exact) mass is 242 g/mol. The van der Waals surface area contributed by atoms with E-state index in [4.69, 9.17) is 0 Å². The van der Waals surface area contributed by atoms with Gasteiger partial charge in [0.05, 0.1) is 5.75 Å². The van der Waals surface area contributed by atoms with Gasteiger partial charge in [0.2, 0.25) is 10.0 Å². The highest BCUT2D eigenvalue weighted by atomic mass is 32.2. The quantitative estimate of drug-likeness (QED) is 0.788. The lowest BCUT2D eigenvalue weighted by atomic mass is 10.1. The molecule has 0 spiro atoms. The van der Waals surface area contributed by atoms with Crippen LogP contribution in [0.2, 0.25) is 0 Å².